The zero-order valence-corrected chi connectivity index (χ0v) is 24.6. The van der Waals surface area contributed by atoms with E-state index in [2.05, 4.69) is 20.7 Å². The molecule has 1 amide bonds. The van der Waals surface area contributed by atoms with Gasteiger partial charge < -0.3 is 9.80 Å². The summed E-state index contributed by atoms with van der Waals surface area (Å²) in [6, 6.07) is 4.25. The molecule has 9 nitrogen and oxygen atoms in total. The number of halogens is 1. The van der Waals surface area contributed by atoms with Gasteiger partial charge in [0.05, 0.1) is 34.2 Å². The summed E-state index contributed by atoms with van der Waals surface area (Å²) >= 11 is 2.38. The lowest BCUT2D eigenvalue weighted by atomic mass is 10.1. The largest absolute Gasteiger partial charge is 0.365 e. The van der Waals surface area contributed by atoms with Crippen molar-refractivity contribution in [2.24, 2.45) is 11.3 Å². The quantitative estimate of drug-likeness (QED) is 0.228. The number of hydrogen-bond acceptors (Lipinski definition) is 9. The molecule has 12 heteroatoms. The van der Waals surface area contributed by atoms with Crippen LogP contribution in [-0.2, 0) is 4.79 Å². The van der Waals surface area contributed by atoms with Gasteiger partial charge in [0.2, 0.25) is 5.91 Å². The smallest absolute Gasteiger partial charge is 0.225 e. The summed E-state index contributed by atoms with van der Waals surface area (Å²) in [7, 11) is 0. The van der Waals surface area contributed by atoms with Gasteiger partial charge in [-0.3, -0.25) is 24.7 Å². The van der Waals surface area contributed by atoms with E-state index in [1.54, 1.807) is 6.20 Å². The zero-order chi connectivity index (χ0) is 28.4. The van der Waals surface area contributed by atoms with Crippen molar-refractivity contribution in [3.8, 4) is 6.07 Å². The van der Waals surface area contributed by atoms with Gasteiger partial charge in [-0.15, -0.1) is 0 Å². The van der Waals surface area contributed by atoms with E-state index in [9.17, 15) is 14.4 Å². The first-order valence-electron chi connectivity index (χ1n) is 13.5. The number of carbonyl (C=O) groups excluding carboxylic acids is 1. The van der Waals surface area contributed by atoms with E-state index in [0.717, 1.165) is 35.2 Å². The number of nitrogens with zero attached hydrogens (tertiary/aromatic N) is 5. The van der Waals surface area contributed by atoms with E-state index < -0.39 is 17.6 Å². The molecule has 0 unspecified atom stereocenters. The van der Waals surface area contributed by atoms with E-state index in [1.807, 2.05) is 49.3 Å². The summed E-state index contributed by atoms with van der Waals surface area (Å²) in [5, 5.41) is 26.9. The molecule has 1 aliphatic heterocycles. The topological polar surface area (TPSA) is 124 Å². The Labute approximate surface area is 238 Å². The SMILES string of the molecule is CC.CC(C)C(=O)N1CCN(c2cc(SNC3(CF)CC3)cn3c(C(=N)SC(=N)C4(C#N)CC4)cnc23)CC1. The summed E-state index contributed by atoms with van der Waals surface area (Å²) in [5.41, 5.74) is 0.915. The highest BCUT2D eigenvalue weighted by Gasteiger charge is 2.48. The van der Waals surface area contributed by atoms with Crippen LogP contribution >= 0.6 is 23.7 Å². The molecule has 3 aliphatic rings. The van der Waals surface area contributed by atoms with Gasteiger partial charge in [-0.2, -0.15) is 5.26 Å². The maximum Gasteiger partial charge on any atom is 0.225 e. The molecular weight excluding hydrogens is 535 g/mol. The van der Waals surface area contributed by atoms with Gasteiger partial charge in [-0.05, 0) is 43.7 Å². The third-order valence-electron chi connectivity index (χ3n) is 7.32. The maximum atomic E-state index is 13.5. The van der Waals surface area contributed by atoms with Gasteiger partial charge in [-0.1, -0.05) is 39.5 Å². The molecular formula is C27H37FN8OS2. The first-order valence-corrected chi connectivity index (χ1v) is 15.2. The fraction of sp³-hybridized carbons (Fsp3) is 0.593. The van der Waals surface area contributed by atoms with Crippen LogP contribution in [0.25, 0.3) is 5.65 Å². The number of piperazine rings is 1. The molecule has 3 heterocycles. The minimum atomic E-state index is -0.744. The molecule has 2 saturated carbocycles. The number of alkyl halides is 1. The van der Waals surface area contributed by atoms with E-state index in [1.165, 1.54) is 11.9 Å². The van der Waals surface area contributed by atoms with Crippen LogP contribution in [0.3, 0.4) is 0 Å². The van der Waals surface area contributed by atoms with Gasteiger partial charge in [0.15, 0.2) is 5.65 Å². The third-order valence-corrected chi connectivity index (χ3v) is 9.32. The average molecular weight is 573 g/mol. The molecule has 0 radical (unpaired) electrons. The van der Waals surface area contributed by atoms with Gasteiger partial charge in [0.25, 0.3) is 0 Å². The van der Waals surface area contributed by atoms with Gasteiger partial charge >= 0.3 is 0 Å². The minimum Gasteiger partial charge on any atom is -0.365 e. The molecule has 3 fully saturated rings. The fourth-order valence-electron chi connectivity index (χ4n) is 4.38. The number of nitriles is 1. The Morgan fingerprint density at radius 1 is 1.21 bits per heavy atom. The standard InChI is InChI=1S/C25H31FN8OS2.C2H6/c1-16(2)22(35)33-9-7-32(8-10-33)18-11-17(37-31-25(14-26)5-6-25)13-34-19(12-30-21(18)34)20(28)36-23(29)24(15-27)3-4-24;1-2/h11-13,16,28-29,31H,3-10,14H2,1-2H3;1-2H3. The van der Waals surface area contributed by atoms with Crippen molar-refractivity contribution >= 4 is 51.0 Å². The van der Waals surface area contributed by atoms with Crippen LogP contribution in [-0.4, -0.2) is 68.7 Å². The number of amides is 1. The van der Waals surface area contributed by atoms with Crippen molar-refractivity contribution in [2.45, 2.75) is 63.8 Å². The second kappa shape index (κ2) is 11.9. The van der Waals surface area contributed by atoms with Gasteiger partial charge in [0, 0.05) is 43.2 Å². The summed E-state index contributed by atoms with van der Waals surface area (Å²) in [6.07, 6.45) is 6.46. The minimum absolute atomic E-state index is 0.0396. The van der Waals surface area contributed by atoms with Crippen molar-refractivity contribution in [3.63, 3.8) is 0 Å². The first-order chi connectivity index (χ1) is 18.7. The Kier molecular flexibility index (Phi) is 8.93. The van der Waals surface area contributed by atoms with Crippen LogP contribution in [0.15, 0.2) is 23.4 Å². The molecule has 2 aromatic rings. The molecule has 1 saturated heterocycles. The van der Waals surface area contributed by atoms with E-state index >= 15 is 0 Å². The maximum absolute atomic E-state index is 13.5. The molecule has 0 aromatic carbocycles. The molecule has 210 valence electrons. The number of thioether (sulfide) groups is 1. The van der Waals surface area contributed by atoms with Crippen LogP contribution in [0.4, 0.5) is 10.1 Å². The van der Waals surface area contributed by atoms with E-state index in [0.29, 0.717) is 50.4 Å². The molecule has 0 spiro atoms. The summed E-state index contributed by atoms with van der Waals surface area (Å²) in [6.45, 7) is 9.97. The molecule has 0 atom stereocenters. The normalized spacial score (nSPS) is 18.8. The van der Waals surface area contributed by atoms with Crippen molar-refractivity contribution < 1.29 is 9.18 Å². The predicted octanol–water partition coefficient (Wildman–Crippen LogP) is 5.10. The van der Waals surface area contributed by atoms with Crippen LogP contribution in [0, 0.1) is 33.5 Å². The fourth-order valence-corrected chi connectivity index (χ4v) is 6.21. The number of aromatic nitrogens is 2. The monoisotopic (exact) mass is 572 g/mol. The summed E-state index contributed by atoms with van der Waals surface area (Å²) in [5.74, 6) is 0.114. The molecule has 5 rings (SSSR count). The average Bonchev–Trinajstić information content (AvgIpc) is 3.88. The predicted molar refractivity (Wildman–Crippen MR) is 157 cm³/mol. The highest BCUT2D eigenvalue weighted by molar-refractivity contribution is 8.26. The lowest BCUT2D eigenvalue weighted by molar-refractivity contribution is -0.134. The molecule has 2 aromatic heterocycles. The number of imidazole rings is 1. The first kappa shape index (κ1) is 29.4. The molecule has 2 aliphatic carbocycles. The van der Waals surface area contributed by atoms with Crippen molar-refractivity contribution in [2.75, 3.05) is 37.8 Å². The van der Waals surface area contributed by atoms with Crippen LogP contribution in [0.2, 0.25) is 0 Å². The lowest BCUT2D eigenvalue weighted by Gasteiger charge is -2.37. The van der Waals surface area contributed by atoms with Crippen molar-refractivity contribution in [3.05, 3.63) is 24.2 Å². The number of fused-ring (bicyclic) bond motifs is 1. The second-order valence-corrected chi connectivity index (χ2v) is 12.3. The summed E-state index contributed by atoms with van der Waals surface area (Å²) < 4.78 is 18.6. The summed E-state index contributed by atoms with van der Waals surface area (Å²) in [4.78, 5) is 22.1. The third kappa shape index (κ3) is 6.10. The Balaban J connectivity index is 0.00000172. The van der Waals surface area contributed by atoms with E-state index in [4.69, 9.17) is 10.8 Å². The van der Waals surface area contributed by atoms with Crippen LogP contribution in [0.5, 0.6) is 0 Å². The number of pyridine rings is 1. The van der Waals surface area contributed by atoms with Crippen LogP contribution in [0.1, 0.15) is 59.1 Å². The number of hydrogen-bond donors (Lipinski definition) is 3. The molecule has 0 bridgehead atoms. The Morgan fingerprint density at radius 3 is 2.41 bits per heavy atom. The Morgan fingerprint density at radius 2 is 1.87 bits per heavy atom. The molecule has 3 N–H and O–H groups in total. The van der Waals surface area contributed by atoms with Gasteiger partial charge in [0.1, 0.15) is 17.1 Å². The highest BCUT2D eigenvalue weighted by atomic mass is 32.2. The highest BCUT2D eigenvalue weighted by Crippen LogP contribution is 2.49. The number of rotatable bonds is 8. The van der Waals surface area contributed by atoms with Crippen LogP contribution < -0.4 is 9.62 Å². The molecule has 39 heavy (non-hydrogen) atoms. The Hall–Kier alpha value is -2.62. The number of carbonyl (C=O) groups is 1. The van der Waals surface area contributed by atoms with Crippen molar-refractivity contribution in [1.29, 1.82) is 16.1 Å². The number of nitrogens with one attached hydrogen (secondary N) is 3. The second-order valence-electron chi connectivity index (χ2n) is 10.4. The van der Waals surface area contributed by atoms with Gasteiger partial charge in [-0.25, -0.2) is 9.37 Å². The van der Waals surface area contributed by atoms with E-state index in [-0.39, 0.29) is 21.9 Å². The lowest BCUT2D eigenvalue weighted by Crippen LogP contribution is -2.50. The number of anilines is 1. The Bertz CT molecular complexity index is 1290. The van der Waals surface area contributed by atoms with Crippen molar-refractivity contribution in [1.82, 2.24) is 19.0 Å². The zero-order valence-electron chi connectivity index (χ0n) is 23.0.